The summed E-state index contributed by atoms with van der Waals surface area (Å²) in [7, 11) is 1.28. The molecule has 0 bridgehead atoms. The molecule has 0 N–H and O–H groups in total. The summed E-state index contributed by atoms with van der Waals surface area (Å²) in [4.78, 5) is 42.3. The van der Waals surface area contributed by atoms with E-state index in [4.69, 9.17) is 25.9 Å². The first-order valence-corrected chi connectivity index (χ1v) is 9.81. The fourth-order valence-corrected chi connectivity index (χ4v) is 3.55. The molecular formula is C22H22ClNO6. The van der Waals surface area contributed by atoms with E-state index in [1.54, 1.807) is 24.3 Å². The lowest BCUT2D eigenvalue weighted by Crippen LogP contribution is -2.48. The Morgan fingerprint density at radius 3 is 2.50 bits per heavy atom. The van der Waals surface area contributed by atoms with Gasteiger partial charge in [0.25, 0.3) is 0 Å². The van der Waals surface area contributed by atoms with E-state index in [0.29, 0.717) is 10.6 Å². The van der Waals surface area contributed by atoms with Crippen molar-refractivity contribution in [2.24, 2.45) is 11.8 Å². The van der Waals surface area contributed by atoms with Crippen LogP contribution in [0.1, 0.15) is 23.6 Å². The highest BCUT2D eigenvalue weighted by atomic mass is 35.5. The number of methoxy groups -OCH3 is 1. The second-order valence-corrected chi connectivity index (χ2v) is 7.35. The minimum absolute atomic E-state index is 0.00301. The Hall–Kier alpha value is -2.90. The maximum atomic E-state index is 12.8. The van der Waals surface area contributed by atoms with E-state index in [9.17, 15) is 14.4 Å². The highest BCUT2D eigenvalue weighted by Crippen LogP contribution is 2.39. The lowest BCUT2D eigenvalue weighted by molar-refractivity contribution is -0.222. The monoisotopic (exact) mass is 431 g/mol. The van der Waals surface area contributed by atoms with Gasteiger partial charge in [-0.3, -0.25) is 9.63 Å². The number of ether oxygens (including phenoxy) is 2. The minimum Gasteiger partial charge on any atom is -0.469 e. The van der Waals surface area contributed by atoms with Gasteiger partial charge in [0, 0.05) is 16.9 Å². The zero-order valence-corrected chi connectivity index (χ0v) is 17.2. The Bertz CT molecular complexity index is 873. The SMILES string of the molecule is COC(=O)C[C@@H]1CON(C(=O)OCc2ccccc2)[C@H](c2ccc(Cl)cc2)[C@H]1C=O. The number of benzene rings is 2. The maximum absolute atomic E-state index is 12.8. The fraction of sp³-hybridized carbons (Fsp3) is 0.318. The number of carbonyl (C=O) groups excluding carboxylic acids is 3. The third-order valence-corrected chi connectivity index (χ3v) is 5.25. The van der Waals surface area contributed by atoms with Crippen LogP contribution in [0.25, 0.3) is 0 Å². The van der Waals surface area contributed by atoms with Gasteiger partial charge in [0.15, 0.2) is 0 Å². The van der Waals surface area contributed by atoms with E-state index < -0.39 is 29.9 Å². The number of carbonyl (C=O) groups is 3. The van der Waals surface area contributed by atoms with Crippen LogP contribution < -0.4 is 0 Å². The number of nitrogens with zero attached hydrogens (tertiary/aromatic N) is 1. The number of hydroxylamine groups is 2. The quantitative estimate of drug-likeness (QED) is 0.508. The number of hydrogen-bond donors (Lipinski definition) is 0. The van der Waals surface area contributed by atoms with E-state index in [1.807, 2.05) is 30.3 Å². The highest BCUT2D eigenvalue weighted by Gasteiger charge is 2.44. The molecule has 1 aliphatic heterocycles. The number of halogens is 1. The predicted molar refractivity (Wildman–Crippen MR) is 108 cm³/mol. The molecule has 158 valence electrons. The van der Waals surface area contributed by atoms with Crippen LogP contribution in [-0.4, -0.2) is 37.1 Å². The molecule has 3 atom stereocenters. The molecule has 0 radical (unpaired) electrons. The van der Waals surface area contributed by atoms with Crippen LogP contribution in [0.2, 0.25) is 5.02 Å². The van der Waals surface area contributed by atoms with Gasteiger partial charge in [0.2, 0.25) is 0 Å². The first kappa shape index (κ1) is 21.8. The van der Waals surface area contributed by atoms with Crippen molar-refractivity contribution in [2.75, 3.05) is 13.7 Å². The molecule has 2 aromatic carbocycles. The van der Waals surface area contributed by atoms with Gasteiger partial charge in [-0.05, 0) is 23.3 Å². The van der Waals surface area contributed by atoms with Crippen molar-refractivity contribution in [1.29, 1.82) is 0 Å². The van der Waals surface area contributed by atoms with E-state index in [1.165, 1.54) is 7.11 Å². The summed E-state index contributed by atoms with van der Waals surface area (Å²) in [6.07, 6.45) is 0.0196. The van der Waals surface area contributed by atoms with Gasteiger partial charge in [0.1, 0.15) is 12.9 Å². The summed E-state index contributed by atoms with van der Waals surface area (Å²) < 4.78 is 10.1. The number of esters is 1. The normalized spacial score (nSPS) is 21.0. The van der Waals surface area contributed by atoms with Crippen molar-refractivity contribution < 1.29 is 28.7 Å². The molecule has 30 heavy (non-hydrogen) atoms. The molecule has 1 aliphatic rings. The average Bonchev–Trinajstić information content (AvgIpc) is 2.78. The Balaban J connectivity index is 1.84. The fourth-order valence-electron chi connectivity index (χ4n) is 3.43. The van der Waals surface area contributed by atoms with Crippen molar-refractivity contribution in [3.63, 3.8) is 0 Å². The van der Waals surface area contributed by atoms with Crippen molar-refractivity contribution in [2.45, 2.75) is 19.1 Å². The average molecular weight is 432 g/mol. The third-order valence-electron chi connectivity index (χ3n) is 5.00. The summed E-state index contributed by atoms with van der Waals surface area (Å²) in [5.74, 6) is -1.59. The Morgan fingerprint density at radius 1 is 1.17 bits per heavy atom. The van der Waals surface area contributed by atoms with Crippen LogP contribution in [0.5, 0.6) is 0 Å². The molecule has 0 spiro atoms. The predicted octanol–water partition coefficient (Wildman–Crippen LogP) is 3.96. The van der Waals surface area contributed by atoms with Crippen molar-refractivity contribution in [1.82, 2.24) is 5.06 Å². The lowest BCUT2D eigenvalue weighted by atomic mass is 9.81. The molecule has 1 fully saturated rings. The standard InChI is InChI=1S/C22H22ClNO6/c1-28-20(26)11-17-14-30-24(22(27)29-13-15-5-3-2-4-6-15)21(19(17)12-25)16-7-9-18(23)10-8-16/h2-10,12,17,19,21H,11,13-14H2,1H3/t17-,19+,21-/m1/s1. The molecular weight excluding hydrogens is 410 g/mol. The summed E-state index contributed by atoms with van der Waals surface area (Å²) in [5.41, 5.74) is 1.46. The molecule has 1 heterocycles. The summed E-state index contributed by atoms with van der Waals surface area (Å²) in [6.45, 7) is 0.0627. The molecule has 1 amide bonds. The Labute approximate surface area is 179 Å². The van der Waals surface area contributed by atoms with Crippen LogP contribution in [-0.2, 0) is 30.5 Å². The molecule has 3 rings (SSSR count). The number of hydrogen-bond acceptors (Lipinski definition) is 6. The third kappa shape index (κ3) is 5.17. The maximum Gasteiger partial charge on any atom is 0.434 e. The van der Waals surface area contributed by atoms with Crippen LogP contribution >= 0.6 is 11.6 Å². The van der Waals surface area contributed by atoms with Crippen LogP contribution in [0.3, 0.4) is 0 Å². The van der Waals surface area contributed by atoms with Crippen molar-refractivity contribution >= 4 is 29.9 Å². The van der Waals surface area contributed by atoms with Crippen LogP contribution in [0, 0.1) is 11.8 Å². The first-order chi connectivity index (χ1) is 14.5. The van der Waals surface area contributed by atoms with E-state index in [0.717, 1.165) is 16.9 Å². The van der Waals surface area contributed by atoms with E-state index in [-0.39, 0.29) is 19.6 Å². The molecule has 7 nitrogen and oxygen atoms in total. The second kappa shape index (κ2) is 10.2. The second-order valence-electron chi connectivity index (χ2n) is 6.91. The molecule has 1 saturated heterocycles. The van der Waals surface area contributed by atoms with Gasteiger partial charge in [-0.25, -0.2) is 4.79 Å². The summed E-state index contributed by atoms with van der Waals surface area (Å²) >= 11 is 5.99. The van der Waals surface area contributed by atoms with Crippen LogP contribution in [0.4, 0.5) is 4.79 Å². The summed E-state index contributed by atoms with van der Waals surface area (Å²) in [5, 5.41) is 1.58. The Morgan fingerprint density at radius 2 is 1.87 bits per heavy atom. The number of aldehydes is 1. The van der Waals surface area contributed by atoms with Crippen molar-refractivity contribution in [3.8, 4) is 0 Å². The minimum atomic E-state index is -0.772. The van der Waals surface area contributed by atoms with Gasteiger partial charge >= 0.3 is 12.1 Å². The molecule has 0 saturated carbocycles. The van der Waals surface area contributed by atoms with Gasteiger partial charge in [-0.1, -0.05) is 54.1 Å². The van der Waals surface area contributed by atoms with Gasteiger partial charge in [-0.2, -0.15) is 5.06 Å². The van der Waals surface area contributed by atoms with E-state index >= 15 is 0 Å². The zero-order valence-electron chi connectivity index (χ0n) is 16.4. The number of rotatable bonds is 6. The topological polar surface area (TPSA) is 82.1 Å². The van der Waals surface area contributed by atoms with Crippen LogP contribution in [0.15, 0.2) is 54.6 Å². The molecule has 0 aromatic heterocycles. The lowest BCUT2D eigenvalue weighted by Gasteiger charge is -2.41. The van der Waals surface area contributed by atoms with Gasteiger partial charge in [0.05, 0.1) is 26.2 Å². The first-order valence-electron chi connectivity index (χ1n) is 9.44. The smallest absolute Gasteiger partial charge is 0.434 e. The molecule has 8 heteroatoms. The number of amides is 1. The summed E-state index contributed by atoms with van der Waals surface area (Å²) in [6, 6.07) is 15.2. The molecule has 0 unspecified atom stereocenters. The Kier molecular flexibility index (Phi) is 7.43. The van der Waals surface area contributed by atoms with Gasteiger partial charge in [-0.15, -0.1) is 0 Å². The van der Waals surface area contributed by atoms with E-state index in [2.05, 4.69) is 0 Å². The van der Waals surface area contributed by atoms with Crippen molar-refractivity contribution in [3.05, 3.63) is 70.7 Å². The molecule has 2 aromatic rings. The largest absolute Gasteiger partial charge is 0.469 e. The zero-order chi connectivity index (χ0) is 21.5. The highest BCUT2D eigenvalue weighted by molar-refractivity contribution is 6.30. The molecule has 0 aliphatic carbocycles. The van der Waals surface area contributed by atoms with Gasteiger partial charge < -0.3 is 14.3 Å².